The van der Waals surface area contributed by atoms with Gasteiger partial charge in [0, 0.05) is 5.56 Å². The van der Waals surface area contributed by atoms with E-state index in [1.54, 1.807) is 0 Å². The smallest absolute Gasteiger partial charge is 0.411 e. The Labute approximate surface area is 143 Å². The van der Waals surface area contributed by atoms with Gasteiger partial charge in [0.1, 0.15) is 12.4 Å². The molecule has 2 rings (SSSR count). The molecule has 128 valence electrons. The number of rotatable bonds is 4. The Hall–Kier alpha value is -2.49. The molecular formula is C20H25NO3. The molecule has 4 nitrogen and oxygen atoms in total. The maximum Gasteiger partial charge on any atom is 0.411 e. The second-order valence-corrected chi connectivity index (χ2v) is 6.16. The summed E-state index contributed by atoms with van der Waals surface area (Å²) in [5.74, 6) is 0.864. The second-order valence-electron chi connectivity index (χ2n) is 6.16. The lowest BCUT2D eigenvalue weighted by atomic mass is 10.0. The third-order valence-corrected chi connectivity index (χ3v) is 4.33. The van der Waals surface area contributed by atoms with Gasteiger partial charge >= 0.3 is 6.09 Å². The number of benzene rings is 2. The Kier molecular flexibility index (Phi) is 5.50. The molecule has 0 spiro atoms. The highest BCUT2D eigenvalue weighted by Gasteiger charge is 2.14. The zero-order valence-electron chi connectivity index (χ0n) is 15.2. The molecule has 24 heavy (non-hydrogen) atoms. The van der Waals surface area contributed by atoms with Crippen LogP contribution in [0.15, 0.2) is 24.3 Å². The molecule has 1 N–H and O–H groups in total. The minimum atomic E-state index is -0.479. The molecule has 0 fully saturated rings. The number of ether oxygens (including phenoxy) is 2. The first-order chi connectivity index (χ1) is 11.3. The van der Waals surface area contributed by atoms with Crippen molar-refractivity contribution in [3.05, 3.63) is 57.6 Å². The van der Waals surface area contributed by atoms with E-state index < -0.39 is 6.09 Å². The van der Waals surface area contributed by atoms with Crippen LogP contribution >= 0.6 is 0 Å². The molecule has 0 aromatic heterocycles. The van der Waals surface area contributed by atoms with E-state index in [0.717, 1.165) is 33.7 Å². The van der Waals surface area contributed by atoms with Crippen LogP contribution in [0.25, 0.3) is 0 Å². The average Bonchev–Trinajstić information content (AvgIpc) is 2.54. The number of carbonyl (C=O) groups is 1. The monoisotopic (exact) mass is 327 g/mol. The lowest BCUT2D eigenvalue weighted by Gasteiger charge is -2.18. The van der Waals surface area contributed by atoms with Gasteiger partial charge in [0.25, 0.3) is 0 Å². The standard InChI is InChI=1S/C20H25NO3/c1-12-7-8-13(2)19(21-20(22)23-6)17(12)11-24-18-10-15(4)14(3)9-16(18)5/h7-10H,11H2,1-6H3,(H,21,22). The van der Waals surface area contributed by atoms with Crippen LogP contribution in [-0.4, -0.2) is 13.2 Å². The Morgan fingerprint density at radius 1 is 0.917 bits per heavy atom. The molecule has 0 saturated carbocycles. The van der Waals surface area contributed by atoms with Gasteiger partial charge in [-0.1, -0.05) is 18.2 Å². The molecular weight excluding hydrogens is 302 g/mol. The number of hydrogen-bond donors (Lipinski definition) is 1. The molecule has 0 heterocycles. The molecule has 2 aromatic carbocycles. The van der Waals surface area contributed by atoms with Gasteiger partial charge in [0.05, 0.1) is 12.8 Å². The Bertz CT molecular complexity index is 766. The molecule has 0 unspecified atom stereocenters. The zero-order chi connectivity index (χ0) is 17.9. The van der Waals surface area contributed by atoms with Crippen molar-refractivity contribution < 1.29 is 14.3 Å². The Morgan fingerprint density at radius 2 is 1.54 bits per heavy atom. The normalized spacial score (nSPS) is 10.4. The minimum Gasteiger partial charge on any atom is -0.489 e. The maximum atomic E-state index is 11.6. The second kappa shape index (κ2) is 7.39. The number of amides is 1. The van der Waals surface area contributed by atoms with E-state index in [1.165, 1.54) is 18.2 Å². The number of aryl methyl sites for hydroxylation is 5. The first-order valence-corrected chi connectivity index (χ1v) is 7.98. The fourth-order valence-electron chi connectivity index (χ4n) is 2.62. The summed E-state index contributed by atoms with van der Waals surface area (Å²) in [6.45, 7) is 10.6. The molecule has 0 saturated heterocycles. The highest BCUT2D eigenvalue weighted by Crippen LogP contribution is 2.28. The largest absolute Gasteiger partial charge is 0.489 e. The molecule has 0 radical (unpaired) electrons. The van der Waals surface area contributed by atoms with Crippen molar-refractivity contribution in [1.29, 1.82) is 0 Å². The predicted octanol–water partition coefficient (Wildman–Crippen LogP) is 4.99. The molecule has 0 aliphatic carbocycles. The number of nitrogens with one attached hydrogen (secondary N) is 1. The van der Waals surface area contributed by atoms with Crippen molar-refractivity contribution in [1.82, 2.24) is 0 Å². The summed E-state index contributed by atoms with van der Waals surface area (Å²) in [5.41, 5.74) is 7.30. The number of hydrogen-bond acceptors (Lipinski definition) is 3. The van der Waals surface area contributed by atoms with Crippen molar-refractivity contribution in [2.75, 3.05) is 12.4 Å². The minimum absolute atomic E-state index is 0.385. The van der Waals surface area contributed by atoms with Gasteiger partial charge in [-0.2, -0.15) is 0 Å². The van der Waals surface area contributed by atoms with Crippen molar-refractivity contribution >= 4 is 11.8 Å². The van der Waals surface area contributed by atoms with E-state index in [1.807, 2.05) is 32.9 Å². The van der Waals surface area contributed by atoms with Crippen LogP contribution in [0.2, 0.25) is 0 Å². The van der Waals surface area contributed by atoms with Gasteiger partial charge in [-0.05, 0) is 68.5 Å². The van der Waals surface area contributed by atoms with E-state index in [0.29, 0.717) is 6.61 Å². The predicted molar refractivity (Wildman–Crippen MR) is 96.9 cm³/mol. The van der Waals surface area contributed by atoms with Crippen molar-refractivity contribution in [2.24, 2.45) is 0 Å². The highest BCUT2D eigenvalue weighted by molar-refractivity contribution is 5.87. The quantitative estimate of drug-likeness (QED) is 0.861. The van der Waals surface area contributed by atoms with Gasteiger partial charge in [-0.15, -0.1) is 0 Å². The first kappa shape index (κ1) is 17.9. The van der Waals surface area contributed by atoms with Crippen molar-refractivity contribution in [3.8, 4) is 5.75 Å². The van der Waals surface area contributed by atoms with Crippen LogP contribution in [0, 0.1) is 34.6 Å². The van der Waals surface area contributed by atoms with E-state index in [2.05, 4.69) is 31.3 Å². The van der Waals surface area contributed by atoms with E-state index >= 15 is 0 Å². The summed E-state index contributed by atoms with van der Waals surface area (Å²) in [6, 6.07) is 8.19. The third-order valence-electron chi connectivity index (χ3n) is 4.33. The van der Waals surface area contributed by atoms with Crippen LogP contribution in [0.1, 0.15) is 33.4 Å². The van der Waals surface area contributed by atoms with Crippen LogP contribution in [0.5, 0.6) is 5.75 Å². The molecule has 2 aromatic rings. The van der Waals surface area contributed by atoms with Crippen molar-refractivity contribution in [2.45, 2.75) is 41.2 Å². The first-order valence-electron chi connectivity index (χ1n) is 7.98. The summed E-state index contributed by atoms with van der Waals surface area (Å²) in [7, 11) is 1.36. The highest BCUT2D eigenvalue weighted by atomic mass is 16.5. The summed E-state index contributed by atoms with van der Waals surface area (Å²) in [4.78, 5) is 11.6. The number of methoxy groups -OCH3 is 1. The van der Waals surface area contributed by atoms with Gasteiger partial charge in [-0.3, -0.25) is 5.32 Å². The molecule has 0 aliphatic rings. The fraction of sp³-hybridized carbons (Fsp3) is 0.350. The maximum absolute atomic E-state index is 11.6. The Balaban J connectivity index is 2.31. The summed E-state index contributed by atoms with van der Waals surface area (Å²) < 4.78 is 10.8. The number of carbonyl (C=O) groups excluding carboxylic acids is 1. The Morgan fingerprint density at radius 3 is 2.21 bits per heavy atom. The van der Waals surface area contributed by atoms with Crippen molar-refractivity contribution in [3.63, 3.8) is 0 Å². The van der Waals surface area contributed by atoms with Gasteiger partial charge < -0.3 is 9.47 Å². The van der Waals surface area contributed by atoms with Crippen LogP contribution in [0.3, 0.4) is 0 Å². The average molecular weight is 327 g/mol. The van der Waals surface area contributed by atoms with Crippen LogP contribution < -0.4 is 10.1 Å². The number of anilines is 1. The third kappa shape index (κ3) is 3.88. The summed E-state index contributed by atoms with van der Waals surface area (Å²) in [6.07, 6.45) is -0.479. The van der Waals surface area contributed by atoms with E-state index in [-0.39, 0.29) is 0 Å². The van der Waals surface area contributed by atoms with Crippen LogP contribution in [0.4, 0.5) is 10.5 Å². The molecule has 4 heteroatoms. The lowest BCUT2D eigenvalue weighted by molar-refractivity contribution is 0.187. The lowest BCUT2D eigenvalue weighted by Crippen LogP contribution is -2.15. The molecule has 0 bridgehead atoms. The SMILES string of the molecule is COC(=O)Nc1c(C)ccc(C)c1COc1cc(C)c(C)cc1C. The molecule has 0 aliphatic heterocycles. The summed E-state index contributed by atoms with van der Waals surface area (Å²) in [5, 5.41) is 2.80. The van der Waals surface area contributed by atoms with Gasteiger partial charge in [0.15, 0.2) is 0 Å². The van der Waals surface area contributed by atoms with Crippen LogP contribution in [-0.2, 0) is 11.3 Å². The molecule has 0 atom stereocenters. The zero-order valence-corrected chi connectivity index (χ0v) is 15.2. The van der Waals surface area contributed by atoms with Gasteiger partial charge in [-0.25, -0.2) is 4.79 Å². The molecule has 1 amide bonds. The van der Waals surface area contributed by atoms with E-state index in [4.69, 9.17) is 9.47 Å². The topological polar surface area (TPSA) is 47.6 Å². The fourth-order valence-corrected chi connectivity index (χ4v) is 2.62. The van der Waals surface area contributed by atoms with Gasteiger partial charge in [0.2, 0.25) is 0 Å². The summed E-state index contributed by atoms with van der Waals surface area (Å²) >= 11 is 0. The van der Waals surface area contributed by atoms with E-state index in [9.17, 15) is 4.79 Å².